The molecule has 2 aliphatic rings. The van der Waals surface area contributed by atoms with Gasteiger partial charge in [-0.1, -0.05) is 6.92 Å². The fourth-order valence-corrected chi connectivity index (χ4v) is 3.30. The predicted molar refractivity (Wildman–Crippen MR) is 56.2 cm³/mol. The van der Waals surface area contributed by atoms with Crippen molar-refractivity contribution >= 4 is 10.8 Å². The van der Waals surface area contributed by atoms with Crippen LogP contribution in [0.1, 0.15) is 26.2 Å². The van der Waals surface area contributed by atoms with Crippen LogP contribution in [-0.4, -0.2) is 28.3 Å². The van der Waals surface area contributed by atoms with Crippen LogP contribution < -0.4 is 5.32 Å². The Balaban J connectivity index is 1.62. The number of rotatable bonds is 3. The van der Waals surface area contributed by atoms with E-state index in [-0.39, 0.29) is 0 Å². The Bertz CT molecular complexity index is 197. The summed E-state index contributed by atoms with van der Waals surface area (Å²) in [5.41, 5.74) is 0. The molecule has 0 amide bonds. The zero-order valence-corrected chi connectivity index (χ0v) is 9.11. The molecule has 0 radical (unpaired) electrons. The summed E-state index contributed by atoms with van der Waals surface area (Å²) in [7, 11) is -0.507. The van der Waals surface area contributed by atoms with E-state index in [1.807, 2.05) is 0 Å². The molecule has 2 fully saturated rings. The normalized spacial score (nSPS) is 44.7. The number of hydrogen-bond donors (Lipinski definition) is 1. The zero-order chi connectivity index (χ0) is 9.26. The van der Waals surface area contributed by atoms with Gasteiger partial charge in [0.05, 0.1) is 0 Å². The molecule has 3 heteroatoms. The summed E-state index contributed by atoms with van der Waals surface area (Å²) in [5, 5.41) is 3.60. The Morgan fingerprint density at radius 2 is 2.00 bits per heavy atom. The van der Waals surface area contributed by atoms with Gasteiger partial charge in [0.25, 0.3) is 0 Å². The molecule has 0 spiro atoms. The van der Waals surface area contributed by atoms with Gasteiger partial charge >= 0.3 is 0 Å². The summed E-state index contributed by atoms with van der Waals surface area (Å²) in [6.07, 6.45) is 3.65. The highest BCUT2D eigenvalue weighted by Crippen LogP contribution is 2.36. The van der Waals surface area contributed by atoms with Crippen molar-refractivity contribution in [2.24, 2.45) is 11.8 Å². The molecular formula is C10H19NOS. The maximum atomic E-state index is 11.1. The van der Waals surface area contributed by atoms with Gasteiger partial charge in [-0.3, -0.25) is 4.21 Å². The van der Waals surface area contributed by atoms with Crippen molar-refractivity contribution in [1.29, 1.82) is 0 Å². The Morgan fingerprint density at radius 3 is 2.54 bits per heavy atom. The fraction of sp³-hybridized carbons (Fsp3) is 1.00. The van der Waals surface area contributed by atoms with Crippen molar-refractivity contribution in [1.82, 2.24) is 5.32 Å². The second kappa shape index (κ2) is 4.09. The van der Waals surface area contributed by atoms with Gasteiger partial charge in [0.2, 0.25) is 0 Å². The molecule has 1 saturated heterocycles. The van der Waals surface area contributed by atoms with E-state index in [2.05, 4.69) is 12.2 Å². The lowest BCUT2D eigenvalue weighted by atomic mass is 10.1. The van der Waals surface area contributed by atoms with Crippen LogP contribution in [0.5, 0.6) is 0 Å². The molecule has 1 aliphatic heterocycles. The van der Waals surface area contributed by atoms with Crippen LogP contribution in [0.2, 0.25) is 0 Å². The van der Waals surface area contributed by atoms with Crippen LogP contribution in [0.15, 0.2) is 0 Å². The highest BCUT2D eigenvalue weighted by Gasteiger charge is 2.32. The molecule has 76 valence electrons. The SMILES string of the molecule is CC1CC1CNC1CCS(=O)CC1. The van der Waals surface area contributed by atoms with Crippen molar-refractivity contribution in [3.05, 3.63) is 0 Å². The van der Waals surface area contributed by atoms with Crippen molar-refractivity contribution in [3.63, 3.8) is 0 Å². The maximum absolute atomic E-state index is 11.1. The van der Waals surface area contributed by atoms with E-state index in [9.17, 15) is 4.21 Å². The van der Waals surface area contributed by atoms with Gasteiger partial charge in [-0.25, -0.2) is 0 Å². The summed E-state index contributed by atoms with van der Waals surface area (Å²) in [5.74, 6) is 3.72. The minimum atomic E-state index is -0.507. The highest BCUT2D eigenvalue weighted by molar-refractivity contribution is 7.85. The summed E-state index contributed by atoms with van der Waals surface area (Å²) in [6.45, 7) is 3.51. The molecule has 1 heterocycles. The minimum absolute atomic E-state index is 0.507. The lowest BCUT2D eigenvalue weighted by Gasteiger charge is -2.22. The van der Waals surface area contributed by atoms with Gasteiger partial charge in [0.1, 0.15) is 0 Å². The third-order valence-electron chi connectivity index (χ3n) is 3.33. The third-order valence-corrected chi connectivity index (χ3v) is 4.71. The Morgan fingerprint density at radius 1 is 1.38 bits per heavy atom. The third kappa shape index (κ3) is 2.78. The summed E-state index contributed by atoms with van der Waals surface area (Å²) in [4.78, 5) is 0. The topological polar surface area (TPSA) is 29.1 Å². The lowest BCUT2D eigenvalue weighted by Crippen LogP contribution is -2.36. The Hall–Kier alpha value is 0.110. The summed E-state index contributed by atoms with van der Waals surface area (Å²) in [6, 6.07) is 0.658. The Kier molecular flexibility index (Phi) is 3.04. The van der Waals surface area contributed by atoms with Gasteiger partial charge in [-0.2, -0.15) is 0 Å². The van der Waals surface area contributed by atoms with Gasteiger partial charge in [-0.15, -0.1) is 0 Å². The van der Waals surface area contributed by atoms with E-state index in [0.29, 0.717) is 6.04 Å². The first kappa shape index (κ1) is 9.66. The molecule has 0 bridgehead atoms. The second-order valence-corrected chi connectivity index (χ2v) is 6.20. The predicted octanol–water partition coefficient (Wildman–Crippen LogP) is 1.14. The summed E-state index contributed by atoms with van der Waals surface area (Å²) >= 11 is 0. The molecule has 2 nitrogen and oxygen atoms in total. The smallest absolute Gasteiger partial charge is 0.0249 e. The van der Waals surface area contributed by atoms with E-state index >= 15 is 0 Å². The van der Waals surface area contributed by atoms with Crippen LogP contribution >= 0.6 is 0 Å². The molecule has 0 aromatic carbocycles. The van der Waals surface area contributed by atoms with Crippen molar-refractivity contribution < 1.29 is 4.21 Å². The van der Waals surface area contributed by atoms with E-state index in [0.717, 1.165) is 36.2 Å². The van der Waals surface area contributed by atoms with Crippen LogP contribution in [-0.2, 0) is 10.8 Å². The lowest BCUT2D eigenvalue weighted by molar-refractivity contribution is 0.459. The average Bonchev–Trinajstić information content (AvgIpc) is 2.81. The second-order valence-electron chi connectivity index (χ2n) is 4.50. The highest BCUT2D eigenvalue weighted by atomic mass is 32.2. The number of hydrogen-bond acceptors (Lipinski definition) is 2. The molecule has 1 aliphatic carbocycles. The van der Waals surface area contributed by atoms with E-state index in [4.69, 9.17) is 0 Å². The first-order valence-electron chi connectivity index (χ1n) is 5.34. The van der Waals surface area contributed by atoms with Crippen LogP contribution in [0.25, 0.3) is 0 Å². The molecule has 1 N–H and O–H groups in total. The molecule has 0 aromatic heterocycles. The van der Waals surface area contributed by atoms with E-state index < -0.39 is 10.8 Å². The fourth-order valence-electron chi connectivity index (χ4n) is 2.00. The standard InChI is InChI=1S/C10H19NOS/c1-8-6-9(8)7-11-10-2-4-13(12)5-3-10/h8-11H,2-7H2,1H3. The quantitative estimate of drug-likeness (QED) is 0.742. The molecule has 2 atom stereocenters. The molecule has 2 rings (SSSR count). The first-order valence-corrected chi connectivity index (χ1v) is 6.83. The first-order chi connectivity index (χ1) is 6.25. The van der Waals surface area contributed by atoms with Crippen LogP contribution in [0.3, 0.4) is 0 Å². The van der Waals surface area contributed by atoms with E-state index in [1.165, 1.54) is 13.0 Å². The average molecular weight is 201 g/mol. The molecule has 13 heavy (non-hydrogen) atoms. The van der Waals surface area contributed by atoms with Crippen molar-refractivity contribution in [3.8, 4) is 0 Å². The van der Waals surface area contributed by atoms with Gasteiger partial charge in [0.15, 0.2) is 0 Å². The van der Waals surface area contributed by atoms with Gasteiger partial charge in [0, 0.05) is 28.3 Å². The number of nitrogens with one attached hydrogen (secondary N) is 1. The summed E-state index contributed by atoms with van der Waals surface area (Å²) < 4.78 is 11.1. The molecule has 2 unspecified atom stereocenters. The van der Waals surface area contributed by atoms with Crippen LogP contribution in [0, 0.1) is 11.8 Å². The van der Waals surface area contributed by atoms with Crippen molar-refractivity contribution in [2.45, 2.75) is 32.2 Å². The molecular weight excluding hydrogens is 182 g/mol. The maximum Gasteiger partial charge on any atom is 0.0249 e. The van der Waals surface area contributed by atoms with E-state index in [1.54, 1.807) is 0 Å². The monoisotopic (exact) mass is 201 g/mol. The minimum Gasteiger partial charge on any atom is -0.314 e. The molecule has 1 saturated carbocycles. The zero-order valence-electron chi connectivity index (χ0n) is 8.29. The van der Waals surface area contributed by atoms with Gasteiger partial charge in [-0.05, 0) is 37.6 Å². The Labute approximate surface area is 82.9 Å². The largest absolute Gasteiger partial charge is 0.314 e. The van der Waals surface area contributed by atoms with Crippen molar-refractivity contribution in [2.75, 3.05) is 18.1 Å². The van der Waals surface area contributed by atoms with Gasteiger partial charge < -0.3 is 5.32 Å². The molecule has 0 aromatic rings. The van der Waals surface area contributed by atoms with Crippen LogP contribution in [0.4, 0.5) is 0 Å².